The molecule has 1 N–H and O–H groups in total. The molecular formula is C30H31NO6. The van der Waals surface area contributed by atoms with Gasteiger partial charge in [-0.25, -0.2) is 9.59 Å². The number of ether oxygens (including phenoxy) is 4. The molecule has 1 heterocycles. The van der Waals surface area contributed by atoms with E-state index in [9.17, 15) is 9.59 Å². The van der Waals surface area contributed by atoms with Gasteiger partial charge in [0.15, 0.2) is 0 Å². The van der Waals surface area contributed by atoms with Crippen LogP contribution in [0.3, 0.4) is 0 Å². The van der Waals surface area contributed by atoms with Crippen LogP contribution in [-0.4, -0.2) is 44.4 Å². The molecule has 0 spiro atoms. The van der Waals surface area contributed by atoms with Crippen molar-refractivity contribution in [2.75, 3.05) is 27.4 Å². The fourth-order valence-corrected chi connectivity index (χ4v) is 5.85. The predicted molar refractivity (Wildman–Crippen MR) is 140 cm³/mol. The minimum Gasteiger partial charge on any atom is -0.497 e. The number of benzene rings is 2. The molecule has 2 bridgehead atoms. The quantitative estimate of drug-likeness (QED) is 0.383. The number of carbonyl (C=O) groups excluding carboxylic acids is 2. The molecule has 7 heteroatoms. The molecule has 37 heavy (non-hydrogen) atoms. The van der Waals surface area contributed by atoms with Crippen molar-refractivity contribution >= 4 is 23.1 Å². The summed E-state index contributed by atoms with van der Waals surface area (Å²) in [5.41, 5.74) is 6.62. The first-order valence-electron chi connectivity index (χ1n) is 12.6. The molecule has 3 aromatic rings. The molecule has 1 aromatic heterocycles. The Bertz CT molecular complexity index is 1280. The smallest absolute Gasteiger partial charge is 0.355 e. The summed E-state index contributed by atoms with van der Waals surface area (Å²) in [5.74, 6) is 0.343. The molecular weight excluding hydrogens is 470 g/mol. The van der Waals surface area contributed by atoms with E-state index in [2.05, 4.69) is 17.1 Å². The van der Waals surface area contributed by atoms with Crippen LogP contribution in [0.5, 0.6) is 11.5 Å². The minimum atomic E-state index is -0.463. The van der Waals surface area contributed by atoms with Gasteiger partial charge in [-0.3, -0.25) is 0 Å². The highest BCUT2D eigenvalue weighted by molar-refractivity contribution is 6.05. The van der Waals surface area contributed by atoms with Crippen LogP contribution in [0.15, 0.2) is 48.5 Å². The molecule has 6 rings (SSSR count). The van der Waals surface area contributed by atoms with E-state index < -0.39 is 11.9 Å². The second kappa shape index (κ2) is 10.2. The fourth-order valence-electron chi connectivity index (χ4n) is 5.85. The number of H-pyrrole nitrogens is 1. The zero-order chi connectivity index (χ0) is 26.1. The van der Waals surface area contributed by atoms with Gasteiger partial charge in [0, 0.05) is 11.8 Å². The van der Waals surface area contributed by atoms with E-state index in [-0.39, 0.29) is 25.0 Å². The zero-order valence-electron chi connectivity index (χ0n) is 21.6. The molecule has 2 atom stereocenters. The monoisotopic (exact) mass is 501 g/mol. The highest BCUT2D eigenvalue weighted by atomic mass is 16.5. The normalized spacial score (nSPS) is 17.8. The standard InChI is InChI=1S/C30H31NO6/c1-5-36-29(32)27-25-21-13-14-22(26(25)28(31-27)30(33)37-6-2)24(18-10-8-12-20(16-18)35-4)23(21)17-9-7-11-19(15-17)34-3/h7-12,15-16,21-22,31H,5-6,13-14H2,1-4H3. The Morgan fingerprint density at radius 3 is 1.57 bits per heavy atom. The largest absolute Gasteiger partial charge is 0.497 e. The van der Waals surface area contributed by atoms with Crippen molar-refractivity contribution < 1.29 is 28.5 Å². The maximum Gasteiger partial charge on any atom is 0.355 e. The van der Waals surface area contributed by atoms with E-state index in [1.165, 1.54) is 0 Å². The van der Waals surface area contributed by atoms with Gasteiger partial charge in [0.05, 0.1) is 27.4 Å². The molecule has 192 valence electrons. The first-order valence-corrected chi connectivity index (χ1v) is 12.6. The molecule has 0 radical (unpaired) electrons. The van der Waals surface area contributed by atoms with Crippen molar-refractivity contribution in [3.05, 3.63) is 82.2 Å². The van der Waals surface area contributed by atoms with Gasteiger partial charge < -0.3 is 23.9 Å². The number of methoxy groups -OCH3 is 2. The van der Waals surface area contributed by atoms with E-state index in [0.29, 0.717) is 11.4 Å². The van der Waals surface area contributed by atoms with Crippen LogP contribution < -0.4 is 9.47 Å². The molecule has 0 saturated heterocycles. The summed E-state index contributed by atoms with van der Waals surface area (Å²) in [6.07, 6.45) is 1.68. The highest BCUT2D eigenvalue weighted by Gasteiger charge is 2.46. The van der Waals surface area contributed by atoms with E-state index in [1.807, 2.05) is 36.4 Å². The van der Waals surface area contributed by atoms with Gasteiger partial charge >= 0.3 is 11.9 Å². The first kappa shape index (κ1) is 24.7. The van der Waals surface area contributed by atoms with Crippen molar-refractivity contribution in [1.29, 1.82) is 0 Å². The molecule has 0 saturated carbocycles. The number of carbonyl (C=O) groups is 2. The summed E-state index contributed by atoms with van der Waals surface area (Å²) >= 11 is 0. The van der Waals surface area contributed by atoms with Crippen LogP contribution in [0, 0.1) is 0 Å². The third-order valence-corrected chi connectivity index (χ3v) is 7.23. The lowest BCUT2D eigenvalue weighted by molar-refractivity contribution is 0.0515. The molecule has 3 aliphatic rings. The maximum atomic E-state index is 13.1. The van der Waals surface area contributed by atoms with Crippen LogP contribution in [0.1, 0.15) is 81.8 Å². The number of hydrogen-bond acceptors (Lipinski definition) is 6. The van der Waals surface area contributed by atoms with Gasteiger partial charge in [0.2, 0.25) is 0 Å². The lowest BCUT2D eigenvalue weighted by Crippen LogP contribution is -2.26. The summed E-state index contributed by atoms with van der Waals surface area (Å²) in [6.45, 7) is 4.02. The number of esters is 2. The third-order valence-electron chi connectivity index (χ3n) is 7.23. The average Bonchev–Trinajstić information content (AvgIpc) is 3.36. The van der Waals surface area contributed by atoms with E-state index in [0.717, 1.165) is 57.7 Å². The summed E-state index contributed by atoms with van der Waals surface area (Å²) in [6, 6.07) is 16.0. The van der Waals surface area contributed by atoms with Gasteiger partial charge in [-0.15, -0.1) is 0 Å². The second-order valence-corrected chi connectivity index (χ2v) is 9.12. The molecule has 0 amide bonds. The van der Waals surface area contributed by atoms with Gasteiger partial charge in [0.1, 0.15) is 22.9 Å². The molecule has 2 unspecified atom stereocenters. The molecule has 0 aliphatic heterocycles. The van der Waals surface area contributed by atoms with Crippen molar-refractivity contribution in [1.82, 2.24) is 4.98 Å². The summed E-state index contributed by atoms with van der Waals surface area (Å²) < 4.78 is 21.9. The second-order valence-electron chi connectivity index (χ2n) is 9.12. The first-order chi connectivity index (χ1) is 18.0. The van der Waals surface area contributed by atoms with Crippen LogP contribution in [0.2, 0.25) is 0 Å². The Kier molecular flexibility index (Phi) is 6.78. The third kappa shape index (κ3) is 4.18. The van der Waals surface area contributed by atoms with Crippen molar-refractivity contribution in [2.45, 2.75) is 38.5 Å². The fraction of sp³-hybridized carbons (Fsp3) is 0.333. The minimum absolute atomic E-state index is 0.118. The van der Waals surface area contributed by atoms with E-state index >= 15 is 0 Å². The van der Waals surface area contributed by atoms with Gasteiger partial charge in [-0.1, -0.05) is 24.3 Å². The average molecular weight is 502 g/mol. The number of aromatic nitrogens is 1. The molecule has 3 aliphatic carbocycles. The van der Waals surface area contributed by atoms with E-state index in [1.54, 1.807) is 28.1 Å². The predicted octanol–water partition coefficient (Wildman–Crippen LogP) is 5.97. The summed E-state index contributed by atoms with van der Waals surface area (Å²) in [4.78, 5) is 29.3. The number of rotatable bonds is 8. The lowest BCUT2D eigenvalue weighted by atomic mass is 9.61. The number of hydrogen-bond donors (Lipinski definition) is 1. The van der Waals surface area contributed by atoms with Crippen molar-refractivity contribution in [3.63, 3.8) is 0 Å². The summed E-state index contributed by atoms with van der Waals surface area (Å²) in [5, 5.41) is 0. The van der Waals surface area contributed by atoms with Crippen molar-refractivity contribution in [3.8, 4) is 11.5 Å². The van der Waals surface area contributed by atoms with Crippen LogP contribution in [0.25, 0.3) is 11.1 Å². The Labute approximate surface area is 216 Å². The Hall–Kier alpha value is -4.00. The number of fused-ring (bicyclic) bond motifs is 1. The number of aromatic amines is 1. The Morgan fingerprint density at radius 1 is 0.757 bits per heavy atom. The van der Waals surface area contributed by atoms with Crippen LogP contribution in [-0.2, 0) is 9.47 Å². The van der Waals surface area contributed by atoms with E-state index in [4.69, 9.17) is 18.9 Å². The van der Waals surface area contributed by atoms with Crippen LogP contribution >= 0.6 is 0 Å². The number of nitrogens with one attached hydrogen (secondary N) is 1. The van der Waals surface area contributed by atoms with Crippen LogP contribution in [0.4, 0.5) is 0 Å². The number of allylic oxidation sites excluding steroid dienone is 2. The molecule has 2 aromatic carbocycles. The zero-order valence-corrected chi connectivity index (χ0v) is 21.6. The van der Waals surface area contributed by atoms with Gasteiger partial charge in [0.25, 0.3) is 0 Å². The molecule has 0 fully saturated rings. The summed E-state index contributed by atoms with van der Waals surface area (Å²) in [7, 11) is 3.30. The topological polar surface area (TPSA) is 86.9 Å². The Balaban J connectivity index is 1.80. The van der Waals surface area contributed by atoms with Gasteiger partial charge in [-0.05, 0) is 84.4 Å². The molecule has 7 nitrogen and oxygen atoms in total. The van der Waals surface area contributed by atoms with Gasteiger partial charge in [-0.2, -0.15) is 0 Å². The maximum absolute atomic E-state index is 13.1. The lowest BCUT2D eigenvalue weighted by Gasteiger charge is -2.41. The Morgan fingerprint density at radius 2 is 1.19 bits per heavy atom. The van der Waals surface area contributed by atoms with Crippen molar-refractivity contribution in [2.24, 2.45) is 0 Å². The SMILES string of the molecule is CCOC(=O)c1[nH]c(C(=O)OCC)c2c1C1CCC2C(c2cccc(OC)c2)=C1c1cccc(OC)c1. The highest BCUT2D eigenvalue weighted by Crippen LogP contribution is 2.60.